The van der Waals surface area contributed by atoms with Crippen LogP contribution in [0.25, 0.3) is 0 Å². The van der Waals surface area contributed by atoms with E-state index in [1.54, 1.807) is 6.07 Å². The molecule has 0 saturated heterocycles. The van der Waals surface area contributed by atoms with E-state index in [9.17, 15) is 8.42 Å². The van der Waals surface area contributed by atoms with Crippen LogP contribution in [0.4, 0.5) is 0 Å². The molecule has 118 valence electrons. The summed E-state index contributed by atoms with van der Waals surface area (Å²) < 4.78 is 28.0. The van der Waals surface area contributed by atoms with Crippen LogP contribution < -0.4 is 10.0 Å². The van der Waals surface area contributed by atoms with Gasteiger partial charge in [-0.05, 0) is 56.1 Å². The topological polar surface area (TPSA) is 58.2 Å². The van der Waals surface area contributed by atoms with Crippen LogP contribution in [0, 0.1) is 18.8 Å². The first-order valence-electron chi connectivity index (χ1n) is 7.78. The molecule has 2 aliphatic rings. The third-order valence-electron chi connectivity index (χ3n) is 4.41. The maximum atomic E-state index is 12.4. The molecule has 21 heavy (non-hydrogen) atoms. The smallest absolute Gasteiger partial charge is 0.250 e. The molecule has 1 unspecified atom stereocenters. The number of aryl methyl sites for hydroxylation is 1. The van der Waals surface area contributed by atoms with Crippen molar-refractivity contribution in [2.24, 2.45) is 11.8 Å². The second-order valence-electron chi connectivity index (χ2n) is 6.49. The summed E-state index contributed by atoms with van der Waals surface area (Å²) >= 11 is 1.40. The van der Waals surface area contributed by atoms with E-state index < -0.39 is 10.0 Å². The van der Waals surface area contributed by atoms with Crippen LogP contribution in [-0.2, 0) is 16.6 Å². The van der Waals surface area contributed by atoms with Gasteiger partial charge in [0.05, 0.1) is 0 Å². The van der Waals surface area contributed by atoms with E-state index in [1.165, 1.54) is 37.0 Å². The minimum atomic E-state index is -3.34. The van der Waals surface area contributed by atoms with Crippen LogP contribution >= 0.6 is 11.3 Å². The van der Waals surface area contributed by atoms with Crippen LogP contribution in [-0.4, -0.2) is 21.0 Å². The van der Waals surface area contributed by atoms with Gasteiger partial charge in [-0.1, -0.05) is 6.92 Å². The largest absolute Gasteiger partial charge is 0.309 e. The number of nitrogens with one attached hydrogen (secondary N) is 2. The van der Waals surface area contributed by atoms with Crippen LogP contribution in [0.5, 0.6) is 0 Å². The van der Waals surface area contributed by atoms with Crippen molar-refractivity contribution < 1.29 is 8.42 Å². The number of hydrogen-bond donors (Lipinski definition) is 2. The number of hydrogen-bond acceptors (Lipinski definition) is 4. The first kappa shape index (κ1) is 15.5. The van der Waals surface area contributed by atoms with Crippen LogP contribution in [0.15, 0.2) is 10.3 Å². The lowest BCUT2D eigenvalue weighted by Gasteiger charge is -2.10. The Morgan fingerprint density at radius 2 is 2.05 bits per heavy atom. The second-order valence-corrected chi connectivity index (χ2v) is 9.62. The van der Waals surface area contributed by atoms with Gasteiger partial charge >= 0.3 is 0 Å². The van der Waals surface area contributed by atoms with E-state index in [0.29, 0.717) is 22.7 Å². The highest BCUT2D eigenvalue weighted by Gasteiger charge is 2.29. The predicted molar refractivity (Wildman–Crippen MR) is 86.0 cm³/mol. The van der Waals surface area contributed by atoms with E-state index in [4.69, 9.17) is 0 Å². The molecule has 2 saturated carbocycles. The summed E-state index contributed by atoms with van der Waals surface area (Å²) in [6, 6.07) is 2.45. The van der Waals surface area contributed by atoms with E-state index in [-0.39, 0.29) is 0 Å². The normalized spacial score (nSPS) is 20.7. The van der Waals surface area contributed by atoms with Crippen molar-refractivity contribution in [1.82, 2.24) is 10.0 Å². The molecular weight excluding hydrogens is 304 g/mol. The highest BCUT2D eigenvalue weighted by molar-refractivity contribution is 7.91. The van der Waals surface area contributed by atoms with Gasteiger partial charge in [-0.25, -0.2) is 13.1 Å². The lowest BCUT2D eigenvalue weighted by Crippen LogP contribution is -2.28. The standard InChI is InChI=1S/C15H24N2O2S2/c1-10-7-15(20-14(10)9-16-13-5-6-13)21(18,19)17-8-11(2)12-3-4-12/h7,11-13,16-17H,3-6,8-9H2,1-2H3. The molecule has 0 bridgehead atoms. The average Bonchev–Trinajstić information content (AvgIpc) is 3.33. The molecule has 1 aromatic rings. The maximum Gasteiger partial charge on any atom is 0.250 e. The van der Waals surface area contributed by atoms with Crippen molar-refractivity contribution in [1.29, 1.82) is 0 Å². The fraction of sp³-hybridized carbons (Fsp3) is 0.733. The van der Waals surface area contributed by atoms with Crippen molar-refractivity contribution in [3.05, 3.63) is 16.5 Å². The Morgan fingerprint density at radius 1 is 1.33 bits per heavy atom. The zero-order valence-corrected chi connectivity index (χ0v) is 14.3. The van der Waals surface area contributed by atoms with Crippen LogP contribution in [0.3, 0.4) is 0 Å². The van der Waals surface area contributed by atoms with Crippen molar-refractivity contribution in [3.8, 4) is 0 Å². The van der Waals surface area contributed by atoms with Gasteiger partial charge in [-0.2, -0.15) is 0 Å². The molecule has 1 heterocycles. The molecule has 6 heteroatoms. The molecule has 0 aliphatic heterocycles. The van der Waals surface area contributed by atoms with Gasteiger partial charge < -0.3 is 5.32 Å². The summed E-state index contributed by atoms with van der Waals surface area (Å²) in [5, 5.41) is 3.45. The summed E-state index contributed by atoms with van der Waals surface area (Å²) in [5.41, 5.74) is 1.07. The Balaban J connectivity index is 1.61. The Labute approximate surface area is 131 Å². The predicted octanol–water partition coefficient (Wildman–Crippen LogP) is 2.63. The van der Waals surface area contributed by atoms with Crippen LogP contribution in [0.2, 0.25) is 0 Å². The number of rotatable bonds is 8. The molecule has 1 aromatic heterocycles. The zero-order chi connectivity index (χ0) is 15.0. The van der Waals surface area contributed by atoms with Gasteiger partial charge in [0, 0.05) is 24.0 Å². The van der Waals surface area contributed by atoms with Gasteiger partial charge in [0.2, 0.25) is 10.0 Å². The van der Waals surface area contributed by atoms with Crippen LogP contribution in [0.1, 0.15) is 43.0 Å². The maximum absolute atomic E-state index is 12.4. The summed E-state index contributed by atoms with van der Waals surface area (Å²) in [6.07, 6.45) is 4.99. The molecule has 3 rings (SSSR count). The Hall–Kier alpha value is -0.430. The first-order valence-corrected chi connectivity index (χ1v) is 10.1. The summed E-state index contributed by atoms with van der Waals surface area (Å²) in [7, 11) is -3.34. The molecule has 2 N–H and O–H groups in total. The Bertz CT molecular complexity index is 601. The van der Waals surface area contributed by atoms with Gasteiger partial charge in [0.25, 0.3) is 0 Å². The fourth-order valence-corrected chi connectivity index (χ4v) is 5.19. The van der Waals surface area contributed by atoms with Crippen molar-refractivity contribution in [2.75, 3.05) is 6.54 Å². The molecule has 4 nitrogen and oxygen atoms in total. The lowest BCUT2D eigenvalue weighted by molar-refractivity contribution is 0.492. The highest BCUT2D eigenvalue weighted by Crippen LogP contribution is 2.36. The van der Waals surface area contributed by atoms with Gasteiger partial charge in [0.1, 0.15) is 4.21 Å². The number of sulfonamides is 1. The molecule has 0 spiro atoms. The molecule has 0 aromatic carbocycles. The van der Waals surface area contributed by atoms with E-state index in [0.717, 1.165) is 22.9 Å². The quantitative estimate of drug-likeness (QED) is 0.771. The fourth-order valence-electron chi connectivity index (χ4n) is 2.47. The van der Waals surface area contributed by atoms with E-state index in [2.05, 4.69) is 17.0 Å². The number of thiophene rings is 1. The minimum Gasteiger partial charge on any atom is -0.309 e. The monoisotopic (exact) mass is 328 g/mol. The molecule has 1 atom stereocenters. The summed E-state index contributed by atoms with van der Waals surface area (Å²) in [4.78, 5) is 1.14. The minimum absolute atomic E-state index is 0.442. The van der Waals surface area contributed by atoms with Gasteiger partial charge in [-0.3, -0.25) is 0 Å². The van der Waals surface area contributed by atoms with Gasteiger partial charge in [0.15, 0.2) is 0 Å². The third-order valence-corrected chi connectivity index (χ3v) is 7.55. The Morgan fingerprint density at radius 3 is 2.67 bits per heavy atom. The summed E-state index contributed by atoms with van der Waals surface area (Å²) in [6.45, 7) is 5.46. The third kappa shape index (κ3) is 4.06. The highest BCUT2D eigenvalue weighted by atomic mass is 32.2. The van der Waals surface area contributed by atoms with E-state index in [1.807, 2.05) is 6.92 Å². The average molecular weight is 329 g/mol. The molecule has 2 aliphatic carbocycles. The van der Waals surface area contributed by atoms with E-state index >= 15 is 0 Å². The first-order chi connectivity index (χ1) is 9.95. The van der Waals surface area contributed by atoms with Crippen molar-refractivity contribution >= 4 is 21.4 Å². The van der Waals surface area contributed by atoms with Gasteiger partial charge in [-0.15, -0.1) is 11.3 Å². The summed E-state index contributed by atoms with van der Waals surface area (Å²) in [5.74, 6) is 1.16. The SMILES string of the molecule is Cc1cc(S(=O)(=O)NCC(C)C2CC2)sc1CNC1CC1. The Kier molecular flexibility index (Phi) is 4.41. The molecule has 2 fully saturated rings. The lowest BCUT2D eigenvalue weighted by atomic mass is 10.1. The second kappa shape index (κ2) is 5.99. The molecular formula is C15H24N2O2S2. The van der Waals surface area contributed by atoms with Crippen molar-refractivity contribution in [2.45, 2.75) is 56.3 Å². The zero-order valence-electron chi connectivity index (χ0n) is 12.7. The van der Waals surface area contributed by atoms with Crippen molar-refractivity contribution in [3.63, 3.8) is 0 Å². The molecule has 0 amide bonds. The molecule has 0 radical (unpaired) electrons.